The van der Waals surface area contributed by atoms with Crippen LogP contribution >= 0.6 is 0 Å². The van der Waals surface area contributed by atoms with Gasteiger partial charge in [0.15, 0.2) is 5.54 Å². The standard InChI is InChI=1S/C11H14N2O3/c1-2-13-11(10(12)15)6-16-9-5-7(14)3-4-8(9)11/h3-5,13-14H,2,6H2,1H3,(H2,12,15). The largest absolute Gasteiger partial charge is 0.508 e. The average molecular weight is 222 g/mol. The van der Waals surface area contributed by atoms with Gasteiger partial charge >= 0.3 is 0 Å². The van der Waals surface area contributed by atoms with Crippen LogP contribution in [-0.2, 0) is 10.3 Å². The highest BCUT2D eigenvalue weighted by atomic mass is 16.5. The van der Waals surface area contributed by atoms with Gasteiger partial charge in [-0.3, -0.25) is 10.1 Å². The van der Waals surface area contributed by atoms with E-state index in [2.05, 4.69) is 5.32 Å². The maximum Gasteiger partial charge on any atom is 0.246 e. The summed E-state index contributed by atoms with van der Waals surface area (Å²) in [6.45, 7) is 2.66. The number of nitrogens with one attached hydrogen (secondary N) is 1. The van der Waals surface area contributed by atoms with Gasteiger partial charge in [-0.05, 0) is 18.7 Å². The number of benzene rings is 1. The minimum Gasteiger partial charge on any atom is -0.508 e. The van der Waals surface area contributed by atoms with Crippen LogP contribution in [0.2, 0.25) is 0 Å². The Morgan fingerprint density at radius 3 is 3.06 bits per heavy atom. The number of carbonyl (C=O) groups excluding carboxylic acids is 1. The topological polar surface area (TPSA) is 84.6 Å². The van der Waals surface area contributed by atoms with E-state index >= 15 is 0 Å². The highest BCUT2D eigenvalue weighted by molar-refractivity contribution is 5.88. The van der Waals surface area contributed by atoms with Gasteiger partial charge in [0.05, 0.1) is 0 Å². The number of nitrogens with two attached hydrogens (primary N) is 1. The van der Waals surface area contributed by atoms with Crippen LogP contribution in [-0.4, -0.2) is 24.2 Å². The van der Waals surface area contributed by atoms with E-state index in [1.54, 1.807) is 6.07 Å². The third-order valence-electron chi connectivity index (χ3n) is 2.77. The molecule has 0 saturated heterocycles. The van der Waals surface area contributed by atoms with Gasteiger partial charge in [-0.1, -0.05) is 6.92 Å². The van der Waals surface area contributed by atoms with Crippen molar-refractivity contribution in [3.8, 4) is 11.5 Å². The zero-order chi connectivity index (χ0) is 11.8. The minimum absolute atomic E-state index is 0.107. The summed E-state index contributed by atoms with van der Waals surface area (Å²) in [6, 6.07) is 4.66. The van der Waals surface area contributed by atoms with E-state index in [0.717, 1.165) is 0 Å². The van der Waals surface area contributed by atoms with Crippen molar-refractivity contribution in [2.24, 2.45) is 5.73 Å². The molecule has 1 aromatic carbocycles. The first kappa shape index (κ1) is 10.8. The first-order chi connectivity index (χ1) is 7.60. The zero-order valence-electron chi connectivity index (χ0n) is 8.99. The van der Waals surface area contributed by atoms with Crippen molar-refractivity contribution in [3.63, 3.8) is 0 Å². The number of likely N-dealkylation sites (N-methyl/N-ethyl adjacent to an activating group) is 1. The molecule has 16 heavy (non-hydrogen) atoms. The highest BCUT2D eigenvalue weighted by Gasteiger charge is 2.45. The van der Waals surface area contributed by atoms with Crippen LogP contribution < -0.4 is 15.8 Å². The molecule has 1 aliphatic heterocycles. The first-order valence-electron chi connectivity index (χ1n) is 5.11. The quantitative estimate of drug-likeness (QED) is 0.676. The molecule has 2 rings (SSSR count). The van der Waals surface area contributed by atoms with Crippen molar-refractivity contribution in [1.82, 2.24) is 5.32 Å². The fourth-order valence-corrected chi connectivity index (χ4v) is 1.99. The molecule has 1 amide bonds. The number of primary amides is 1. The van der Waals surface area contributed by atoms with Crippen molar-refractivity contribution >= 4 is 5.91 Å². The minimum atomic E-state index is -0.974. The van der Waals surface area contributed by atoms with Crippen LogP contribution in [0.4, 0.5) is 0 Å². The second-order valence-corrected chi connectivity index (χ2v) is 3.77. The molecule has 5 heteroatoms. The molecule has 1 heterocycles. The van der Waals surface area contributed by atoms with Gasteiger partial charge in [0.2, 0.25) is 5.91 Å². The van der Waals surface area contributed by atoms with E-state index in [9.17, 15) is 9.90 Å². The number of hydrogen-bond donors (Lipinski definition) is 3. The van der Waals surface area contributed by atoms with Crippen molar-refractivity contribution in [2.45, 2.75) is 12.5 Å². The molecule has 86 valence electrons. The Morgan fingerprint density at radius 1 is 1.69 bits per heavy atom. The van der Waals surface area contributed by atoms with Crippen LogP contribution in [0.15, 0.2) is 18.2 Å². The molecule has 0 saturated carbocycles. The number of rotatable bonds is 3. The number of fused-ring (bicyclic) bond motifs is 1. The summed E-state index contributed by atoms with van der Waals surface area (Å²) < 4.78 is 5.39. The molecule has 1 atom stereocenters. The fourth-order valence-electron chi connectivity index (χ4n) is 1.99. The molecule has 0 radical (unpaired) electrons. The maximum atomic E-state index is 11.6. The van der Waals surface area contributed by atoms with E-state index in [-0.39, 0.29) is 12.4 Å². The number of phenolic OH excluding ortho intramolecular Hbond substituents is 1. The fraction of sp³-hybridized carbons (Fsp3) is 0.364. The second kappa shape index (κ2) is 3.68. The second-order valence-electron chi connectivity index (χ2n) is 3.77. The Morgan fingerprint density at radius 2 is 2.44 bits per heavy atom. The number of amides is 1. The van der Waals surface area contributed by atoms with Crippen molar-refractivity contribution in [1.29, 1.82) is 0 Å². The van der Waals surface area contributed by atoms with Crippen LogP contribution in [0.1, 0.15) is 12.5 Å². The molecule has 0 aromatic heterocycles. The van der Waals surface area contributed by atoms with Gasteiger partial charge in [-0.2, -0.15) is 0 Å². The van der Waals surface area contributed by atoms with E-state index in [1.807, 2.05) is 6.92 Å². The lowest BCUT2D eigenvalue weighted by atomic mass is 9.91. The van der Waals surface area contributed by atoms with Crippen LogP contribution in [0.5, 0.6) is 11.5 Å². The lowest BCUT2D eigenvalue weighted by Crippen LogP contribution is -2.53. The predicted molar refractivity (Wildman–Crippen MR) is 58.2 cm³/mol. The molecular weight excluding hydrogens is 208 g/mol. The molecular formula is C11H14N2O3. The number of phenols is 1. The number of ether oxygens (including phenoxy) is 1. The summed E-state index contributed by atoms with van der Waals surface area (Å²) in [7, 11) is 0. The lowest BCUT2D eigenvalue weighted by Gasteiger charge is -2.24. The van der Waals surface area contributed by atoms with Gasteiger partial charge in [-0.15, -0.1) is 0 Å². The smallest absolute Gasteiger partial charge is 0.246 e. The van der Waals surface area contributed by atoms with Crippen LogP contribution in [0, 0.1) is 0 Å². The molecule has 5 nitrogen and oxygen atoms in total. The summed E-state index contributed by atoms with van der Waals surface area (Å²) >= 11 is 0. The third-order valence-corrected chi connectivity index (χ3v) is 2.77. The van der Waals surface area contributed by atoms with Gasteiger partial charge in [0.1, 0.15) is 18.1 Å². The number of aromatic hydroxyl groups is 1. The van der Waals surface area contributed by atoms with E-state index in [1.165, 1.54) is 12.1 Å². The van der Waals surface area contributed by atoms with E-state index < -0.39 is 11.4 Å². The monoisotopic (exact) mass is 222 g/mol. The Balaban J connectivity index is 2.50. The summed E-state index contributed by atoms with van der Waals surface area (Å²) in [4.78, 5) is 11.6. The third kappa shape index (κ3) is 1.40. The Labute approximate surface area is 93.2 Å². The maximum absolute atomic E-state index is 11.6. The van der Waals surface area contributed by atoms with Crippen molar-refractivity contribution in [3.05, 3.63) is 23.8 Å². The predicted octanol–water partition coefficient (Wildman–Crippen LogP) is 0.0747. The molecule has 4 N–H and O–H groups in total. The summed E-state index contributed by atoms with van der Waals surface area (Å²) in [5.74, 6) is 0.133. The van der Waals surface area contributed by atoms with Crippen LogP contribution in [0.3, 0.4) is 0 Å². The van der Waals surface area contributed by atoms with Gasteiger partial charge in [-0.25, -0.2) is 0 Å². The molecule has 0 bridgehead atoms. The lowest BCUT2D eigenvalue weighted by molar-refractivity contribution is -0.125. The summed E-state index contributed by atoms with van der Waals surface area (Å²) in [6.07, 6.45) is 0. The Bertz CT molecular complexity index is 433. The molecule has 0 aliphatic carbocycles. The van der Waals surface area contributed by atoms with Crippen LogP contribution in [0.25, 0.3) is 0 Å². The molecule has 1 aliphatic rings. The van der Waals surface area contributed by atoms with Gasteiger partial charge in [0.25, 0.3) is 0 Å². The van der Waals surface area contributed by atoms with Crippen molar-refractivity contribution < 1.29 is 14.6 Å². The Hall–Kier alpha value is -1.75. The SMILES string of the molecule is CCNC1(C(N)=O)COc2cc(O)ccc21. The van der Waals surface area contributed by atoms with Gasteiger partial charge in [0, 0.05) is 11.6 Å². The van der Waals surface area contributed by atoms with Gasteiger partial charge < -0.3 is 15.6 Å². The number of carbonyl (C=O) groups is 1. The zero-order valence-corrected chi connectivity index (χ0v) is 8.99. The highest BCUT2D eigenvalue weighted by Crippen LogP contribution is 2.38. The molecule has 1 unspecified atom stereocenters. The van der Waals surface area contributed by atoms with E-state index in [4.69, 9.17) is 10.5 Å². The summed E-state index contributed by atoms with van der Waals surface area (Å²) in [5, 5.41) is 12.4. The number of hydrogen-bond acceptors (Lipinski definition) is 4. The molecule has 0 fully saturated rings. The van der Waals surface area contributed by atoms with Crippen molar-refractivity contribution in [2.75, 3.05) is 13.2 Å². The average Bonchev–Trinajstić information content (AvgIpc) is 2.58. The summed E-state index contributed by atoms with van der Waals surface area (Å²) in [5.41, 5.74) is 5.13. The molecule has 1 aromatic rings. The van der Waals surface area contributed by atoms with E-state index in [0.29, 0.717) is 17.9 Å². The normalized spacial score (nSPS) is 22.6. The Kier molecular flexibility index (Phi) is 2.47. The molecule has 0 spiro atoms. The first-order valence-corrected chi connectivity index (χ1v) is 5.11.